The highest BCUT2D eigenvalue weighted by Crippen LogP contribution is 2.50. The van der Waals surface area contributed by atoms with Gasteiger partial charge >= 0.3 is 0 Å². The first-order valence-electron chi connectivity index (χ1n) is 12.1. The van der Waals surface area contributed by atoms with E-state index in [1.807, 2.05) is 36.9 Å². The first kappa shape index (κ1) is 24.4. The van der Waals surface area contributed by atoms with Crippen molar-refractivity contribution in [2.75, 3.05) is 26.7 Å². The van der Waals surface area contributed by atoms with Crippen molar-refractivity contribution in [3.05, 3.63) is 58.9 Å². The Hall–Kier alpha value is -2.75. The third kappa shape index (κ3) is 4.23. The van der Waals surface area contributed by atoms with Crippen molar-refractivity contribution >= 4 is 5.91 Å². The number of hydrogen-bond donors (Lipinski definition) is 1. The summed E-state index contributed by atoms with van der Waals surface area (Å²) in [4.78, 5) is 16.2. The fourth-order valence-electron chi connectivity index (χ4n) is 5.50. The van der Waals surface area contributed by atoms with Crippen LogP contribution in [0.25, 0.3) is 0 Å². The van der Waals surface area contributed by atoms with Crippen LogP contribution in [-0.2, 0) is 10.4 Å². The van der Waals surface area contributed by atoms with Crippen molar-refractivity contribution in [1.29, 1.82) is 0 Å². The Morgan fingerprint density at radius 2 is 1.82 bits per heavy atom. The second-order valence-corrected chi connectivity index (χ2v) is 11.0. The van der Waals surface area contributed by atoms with Gasteiger partial charge in [-0.25, -0.2) is 0 Å². The Kier molecular flexibility index (Phi) is 6.30. The number of amides is 1. The quantitative estimate of drug-likeness (QED) is 0.691. The molecule has 6 nitrogen and oxygen atoms in total. The SMILES string of the molecule is CC(C)c1ccc(C(O)(c2cnnc(C#CC(C)(C)N3CCCC3=O)c2)C2(C)CN(C)C2)cc1. The number of benzene rings is 1. The zero-order chi connectivity index (χ0) is 24.7. The van der Waals surface area contributed by atoms with Crippen LogP contribution in [0.2, 0.25) is 0 Å². The third-order valence-corrected chi connectivity index (χ3v) is 7.42. The maximum absolute atomic E-state index is 12.3. The van der Waals surface area contributed by atoms with Crippen molar-refractivity contribution < 1.29 is 9.90 Å². The van der Waals surface area contributed by atoms with Gasteiger partial charge in [-0.3, -0.25) is 4.79 Å². The van der Waals surface area contributed by atoms with Gasteiger partial charge in [0, 0.05) is 37.0 Å². The van der Waals surface area contributed by atoms with Crippen LogP contribution >= 0.6 is 0 Å². The van der Waals surface area contributed by atoms with E-state index in [1.165, 1.54) is 5.56 Å². The first-order chi connectivity index (χ1) is 16.0. The minimum absolute atomic E-state index is 0.139. The lowest BCUT2D eigenvalue weighted by molar-refractivity contribution is -0.130. The van der Waals surface area contributed by atoms with Crippen molar-refractivity contribution in [3.63, 3.8) is 0 Å². The van der Waals surface area contributed by atoms with E-state index in [-0.39, 0.29) is 11.3 Å². The summed E-state index contributed by atoms with van der Waals surface area (Å²) >= 11 is 0. The number of carbonyl (C=O) groups excluding carboxylic acids is 1. The standard InChI is InChI=1S/C28H36N4O2/c1-20(2)21-9-11-22(12-10-21)28(34,27(5)18-31(6)19-27)23-16-24(30-29-17-23)13-14-26(3,4)32-15-7-8-25(32)33/h9-12,16-17,20,34H,7-8,15,18-19H2,1-6H3. The Morgan fingerprint density at radius 1 is 1.15 bits per heavy atom. The van der Waals surface area contributed by atoms with Crippen molar-refractivity contribution in [3.8, 4) is 11.8 Å². The molecule has 0 saturated carbocycles. The van der Waals surface area contributed by atoms with Crippen LogP contribution in [0, 0.1) is 17.3 Å². The van der Waals surface area contributed by atoms with Gasteiger partial charge in [-0.2, -0.15) is 5.10 Å². The average Bonchev–Trinajstić information content (AvgIpc) is 3.23. The Morgan fingerprint density at radius 3 is 2.38 bits per heavy atom. The third-order valence-electron chi connectivity index (χ3n) is 7.42. The minimum Gasteiger partial charge on any atom is -0.380 e. The molecule has 3 heterocycles. The topological polar surface area (TPSA) is 69.6 Å². The molecule has 2 fully saturated rings. The van der Waals surface area contributed by atoms with Crippen molar-refractivity contribution in [1.82, 2.24) is 20.0 Å². The summed E-state index contributed by atoms with van der Waals surface area (Å²) in [5.74, 6) is 6.91. The molecule has 2 aromatic rings. The summed E-state index contributed by atoms with van der Waals surface area (Å²) in [5.41, 5.74) is 1.07. The molecule has 1 amide bonds. The summed E-state index contributed by atoms with van der Waals surface area (Å²) < 4.78 is 0. The lowest BCUT2D eigenvalue weighted by atomic mass is 9.62. The zero-order valence-electron chi connectivity index (χ0n) is 21.2. The summed E-state index contributed by atoms with van der Waals surface area (Å²) in [5, 5.41) is 20.8. The molecule has 0 spiro atoms. The summed E-state index contributed by atoms with van der Waals surface area (Å²) in [6.45, 7) is 12.6. The number of rotatable bonds is 5. The van der Waals surface area contributed by atoms with Gasteiger partial charge in [-0.1, -0.05) is 51.0 Å². The smallest absolute Gasteiger partial charge is 0.223 e. The average molecular weight is 461 g/mol. The van der Waals surface area contributed by atoms with E-state index in [0.29, 0.717) is 23.6 Å². The lowest BCUT2D eigenvalue weighted by Gasteiger charge is -2.55. The molecule has 34 heavy (non-hydrogen) atoms. The molecular formula is C28H36N4O2. The fraction of sp³-hybridized carbons (Fsp3) is 0.536. The molecule has 1 unspecified atom stereocenters. The van der Waals surface area contributed by atoms with Crippen molar-refractivity contribution in [2.45, 2.75) is 64.5 Å². The fourth-order valence-corrected chi connectivity index (χ4v) is 5.50. The van der Waals surface area contributed by atoms with E-state index in [4.69, 9.17) is 0 Å². The molecule has 0 aliphatic carbocycles. The molecule has 2 aliphatic heterocycles. The van der Waals surface area contributed by atoms with E-state index in [1.54, 1.807) is 6.20 Å². The first-order valence-corrected chi connectivity index (χ1v) is 12.1. The maximum Gasteiger partial charge on any atom is 0.223 e. The molecule has 0 bridgehead atoms. The van der Waals surface area contributed by atoms with E-state index < -0.39 is 11.1 Å². The Balaban J connectivity index is 1.73. The van der Waals surface area contributed by atoms with E-state index >= 15 is 0 Å². The number of carbonyl (C=O) groups is 1. The molecule has 1 N–H and O–H groups in total. The Labute approximate surface area is 203 Å². The normalized spacial score (nSPS) is 20.0. The van der Waals surface area contributed by atoms with Gasteiger partial charge < -0.3 is 14.9 Å². The Bertz CT molecular complexity index is 1120. The van der Waals surface area contributed by atoms with Gasteiger partial charge in [0.1, 0.15) is 11.3 Å². The molecule has 4 rings (SSSR count). The number of hydrogen-bond acceptors (Lipinski definition) is 5. The van der Waals surface area contributed by atoms with Gasteiger partial charge in [-0.05, 0) is 56.3 Å². The predicted octanol–water partition coefficient (Wildman–Crippen LogP) is 3.54. The molecule has 2 aliphatic rings. The molecule has 6 heteroatoms. The lowest BCUT2D eigenvalue weighted by Crippen LogP contribution is -2.63. The van der Waals surface area contributed by atoms with Gasteiger partial charge in [0.05, 0.1) is 11.7 Å². The molecule has 1 aromatic heterocycles. The van der Waals surface area contributed by atoms with E-state index in [9.17, 15) is 9.90 Å². The largest absolute Gasteiger partial charge is 0.380 e. The van der Waals surface area contributed by atoms with Crippen LogP contribution in [0.3, 0.4) is 0 Å². The number of nitrogens with zero attached hydrogens (tertiary/aromatic N) is 4. The van der Waals surface area contributed by atoms with Gasteiger partial charge in [0.15, 0.2) is 0 Å². The molecule has 0 radical (unpaired) electrons. The van der Waals surface area contributed by atoms with Gasteiger partial charge in [0.2, 0.25) is 5.91 Å². The number of likely N-dealkylation sites (tertiary alicyclic amines) is 2. The van der Waals surface area contributed by atoms with Gasteiger partial charge in [0.25, 0.3) is 0 Å². The van der Waals surface area contributed by atoms with Crippen LogP contribution in [0.15, 0.2) is 36.5 Å². The van der Waals surface area contributed by atoms with Crippen LogP contribution in [0.5, 0.6) is 0 Å². The minimum atomic E-state index is -1.23. The zero-order valence-corrected chi connectivity index (χ0v) is 21.2. The van der Waals surface area contributed by atoms with Crippen LogP contribution in [0.1, 0.15) is 75.8 Å². The second-order valence-electron chi connectivity index (χ2n) is 11.0. The monoisotopic (exact) mass is 460 g/mol. The number of aliphatic hydroxyl groups is 1. The van der Waals surface area contributed by atoms with Crippen LogP contribution in [0.4, 0.5) is 0 Å². The second kappa shape index (κ2) is 8.79. The molecule has 1 atom stereocenters. The van der Waals surface area contributed by atoms with Gasteiger partial charge in [-0.15, -0.1) is 5.10 Å². The molecule has 180 valence electrons. The van der Waals surface area contributed by atoms with Crippen molar-refractivity contribution in [2.24, 2.45) is 5.41 Å². The van der Waals surface area contributed by atoms with Crippen LogP contribution < -0.4 is 0 Å². The van der Waals surface area contributed by atoms with Crippen LogP contribution in [-0.4, -0.2) is 63.2 Å². The number of aromatic nitrogens is 2. The highest BCUT2D eigenvalue weighted by molar-refractivity contribution is 5.79. The summed E-state index contributed by atoms with van der Waals surface area (Å²) in [6.07, 6.45) is 3.10. The molecular weight excluding hydrogens is 424 g/mol. The maximum atomic E-state index is 12.3. The predicted molar refractivity (Wildman–Crippen MR) is 133 cm³/mol. The molecule has 2 saturated heterocycles. The van der Waals surface area contributed by atoms with E-state index in [2.05, 4.69) is 66.9 Å². The summed E-state index contributed by atoms with van der Waals surface area (Å²) in [7, 11) is 2.06. The highest BCUT2D eigenvalue weighted by atomic mass is 16.3. The highest BCUT2D eigenvalue weighted by Gasteiger charge is 2.55. The van der Waals surface area contributed by atoms with E-state index in [0.717, 1.165) is 31.6 Å². The summed E-state index contributed by atoms with van der Waals surface area (Å²) in [6, 6.07) is 10.1. The molecule has 1 aromatic carbocycles.